The van der Waals surface area contributed by atoms with Crippen LogP contribution >= 0.6 is 11.6 Å². The summed E-state index contributed by atoms with van der Waals surface area (Å²) in [6.45, 7) is 8.28. The van der Waals surface area contributed by atoms with E-state index in [1.165, 1.54) is 0 Å². The van der Waals surface area contributed by atoms with Crippen LogP contribution in [0.4, 0.5) is 5.69 Å². The Labute approximate surface area is 113 Å². The number of halogens is 1. The lowest BCUT2D eigenvalue weighted by Crippen LogP contribution is -2.53. The van der Waals surface area contributed by atoms with Crippen LogP contribution in [0.15, 0.2) is 18.2 Å². The molecule has 18 heavy (non-hydrogen) atoms. The molecule has 100 valence electrons. The van der Waals surface area contributed by atoms with Gasteiger partial charge in [0.25, 0.3) is 0 Å². The van der Waals surface area contributed by atoms with E-state index in [1.54, 1.807) is 6.92 Å². The number of hydrogen-bond donors (Lipinski definition) is 1. The molecule has 0 saturated carbocycles. The van der Waals surface area contributed by atoms with Gasteiger partial charge < -0.3 is 14.7 Å². The number of aliphatic hydroxyl groups is 1. The van der Waals surface area contributed by atoms with Gasteiger partial charge in [-0.25, -0.2) is 0 Å². The van der Waals surface area contributed by atoms with Crippen LogP contribution in [-0.2, 0) is 4.74 Å². The number of morpholine rings is 1. The molecule has 0 amide bonds. The first kappa shape index (κ1) is 13.7. The van der Waals surface area contributed by atoms with Gasteiger partial charge in [-0.2, -0.15) is 0 Å². The van der Waals surface area contributed by atoms with Gasteiger partial charge in [0.1, 0.15) is 0 Å². The van der Waals surface area contributed by atoms with Gasteiger partial charge in [-0.1, -0.05) is 17.7 Å². The van der Waals surface area contributed by atoms with Crippen molar-refractivity contribution in [3.8, 4) is 0 Å². The Morgan fingerprint density at radius 2 is 2.17 bits per heavy atom. The fourth-order valence-electron chi connectivity index (χ4n) is 2.31. The van der Waals surface area contributed by atoms with E-state index in [0.29, 0.717) is 11.6 Å². The molecule has 1 aromatic carbocycles. The van der Waals surface area contributed by atoms with E-state index in [2.05, 4.69) is 18.7 Å². The third kappa shape index (κ3) is 2.63. The minimum Gasteiger partial charge on any atom is -0.389 e. The van der Waals surface area contributed by atoms with Crippen molar-refractivity contribution in [3.63, 3.8) is 0 Å². The molecule has 3 nitrogen and oxygen atoms in total. The molecular formula is C14H20ClNO2. The zero-order valence-electron chi connectivity index (χ0n) is 11.1. The molecule has 1 fully saturated rings. The third-order valence-corrected chi connectivity index (χ3v) is 3.69. The number of ether oxygens (including phenoxy) is 1. The highest BCUT2D eigenvalue weighted by Crippen LogP contribution is 2.34. The van der Waals surface area contributed by atoms with Crippen LogP contribution in [0, 0.1) is 0 Å². The predicted octanol–water partition coefficient (Wildman–Crippen LogP) is 3.01. The van der Waals surface area contributed by atoms with E-state index in [0.717, 1.165) is 24.4 Å². The number of rotatable bonds is 2. The Hall–Kier alpha value is -0.770. The van der Waals surface area contributed by atoms with Crippen molar-refractivity contribution in [2.24, 2.45) is 0 Å². The molecule has 0 aliphatic carbocycles. The minimum atomic E-state index is -0.491. The van der Waals surface area contributed by atoms with Crippen molar-refractivity contribution >= 4 is 17.3 Å². The molecule has 1 aliphatic heterocycles. The number of anilines is 1. The smallest absolute Gasteiger partial charge is 0.0762 e. The molecule has 1 N–H and O–H groups in total. The Kier molecular flexibility index (Phi) is 3.85. The predicted molar refractivity (Wildman–Crippen MR) is 74.3 cm³/mol. The van der Waals surface area contributed by atoms with Gasteiger partial charge in [0.05, 0.1) is 35.6 Å². The Bertz CT molecular complexity index is 432. The summed E-state index contributed by atoms with van der Waals surface area (Å²) >= 11 is 6.34. The highest BCUT2D eigenvalue weighted by atomic mass is 35.5. The number of nitrogens with zero attached hydrogens (tertiary/aromatic N) is 1. The minimum absolute atomic E-state index is 0.0613. The summed E-state index contributed by atoms with van der Waals surface area (Å²) in [5, 5.41) is 10.2. The molecule has 0 bridgehead atoms. The molecule has 0 unspecified atom stereocenters. The first-order chi connectivity index (χ1) is 8.42. The van der Waals surface area contributed by atoms with E-state index >= 15 is 0 Å². The molecule has 1 saturated heterocycles. The standard InChI is InChI=1S/C14H20ClNO2/c1-10(17)11-4-5-13(12(15)8-11)16-6-7-18-9-14(16,2)3/h4-5,8,10,17H,6-7,9H2,1-3H3/t10-/m1/s1. The van der Waals surface area contributed by atoms with E-state index in [4.69, 9.17) is 16.3 Å². The van der Waals surface area contributed by atoms with Gasteiger partial charge >= 0.3 is 0 Å². The summed E-state index contributed by atoms with van der Waals surface area (Å²) in [7, 11) is 0. The second-order valence-electron chi connectivity index (χ2n) is 5.40. The van der Waals surface area contributed by atoms with Crippen molar-refractivity contribution in [1.29, 1.82) is 0 Å². The lowest BCUT2D eigenvalue weighted by Gasteiger charge is -2.44. The van der Waals surface area contributed by atoms with Gasteiger partial charge in [-0.05, 0) is 38.5 Å². The van der Waals surface area contributed by atoms with Crippen molar-refractivity contribution in [2.45, 2.75) is 32.4 Å². The van der Waals surface area contributed by atoms with Crippen LogP contribution in [0.3, 0.4) is 0 Å². The van der Waals surface area contributed by atoms with E-state index < -0.39 is 6.10 Å². The largest absolute Gasteiger partial charge is 0.389 e. The molecule has 1 aromatic rings. The van der Waals surface area contributed by atoms with E-state index in [1.807, 2.05) is 18.2 Å². The Morgan fingerprint density at radius 3 is 2.72 bits per heavy atom. The summed E-state index contributed by atoms with van der Waals surface area (Å²) in [4.78, 5) is 2.27. The quantitative estimate of drug-likeness (QED) is 0.896. The highest BCUT2D eigenvalue weighted by Gasteiger charge is 2.31. The van der Waals surface area contributed by atoms with Crippen molar-refractivity contribution < 1.29 is 9.84 Å². The van der Waals surface area contributed by atoms with Crippen LogP contribution in [0.2, 0.25) is 5.02 Å². The summed E-state index contributed by atoms with van der Waals surface area (Å²) < 4.78 is 5.51. The molecule has 0 radical (unpaired) electrons. The van der Waals surface area contributed by atoms with Crippen molar-refractivity contribution in [3.05, 3.63) is 28.8 Å². The normalized spacial score (nSPS) is 20.8. The summed E-state index contributed by atoms with van der Waals surface area (Å²) in [5.41, 5.74) is 1.79. The van der Waals surface area contributed by atoms with Crippen molar-refractivity contribution in [2.75, 3.05) is 24.7 Å². The maximum absolute atomic E-state index is 9.56. The summed E-state index contributed by atoms with van der Waals surface area (Å²) in [6, 6.07) is 5.75. The van der Waals surface area contributed by atoms with Crippen LogP contribution in [0.25, 0.3) is 0 Å². The molecule has 1 atom stereocenters. The molecule has 1 heterocycles. The SMILES string of the molecule is C[C@@H](O)c1ccc(N2CCOCC2(C)C)c(Cl)c1. The third-order valence-electron chi connectivity index (χ3n) is 3.39. The van der Waals surface area contributed by atoms with Crippen LogP contribution in [0.5, 0.6) is 0 Å². The van der Waals surface area contributed by atoms with E-state index in [9.17, 15) is 5.11 Å². The molecule has 0 aromatic heterocycles. The average molecular weight is 270 g/mol. The van der Waals surface area contributed by atoms with Gasteiger partial charge in [-0.15, -0.1) is 0 Å². The molecular weight excluding hydrogens is 250 g/mol. The maximum atomic E-state index is 9.56. The van der Waals surface area contributed by atoms with E-state index in [-0.39, 0.29) is 5.54 Å². The fraction of sp³-hybridized carbons (Fsp3) is 0.571. The van der Waals surface area contributed by atoms with Gasteiger partial charge in [-0.3, -0.25) is 0 Å². The second kappa shape index (κ2) is 5.08. The van der Waals surface area contributed by atoms with Crippen LogP contribution in [-0.4, -0.2) is 30.4 Å². The Balaban J connectivity index is 2.33. The molecule has 1 aliphatic rings. The number of hydrogen-bond acceptors (Lipinski definition) is 3. The maximum Gasteiger partial charge on any atom is 0.0762 e. The fourth-order valence-corrected chi connectivity index (χ4v) is 2.60. The zero-order valence-corrected chi connectivity index (χ0v) is 11.9. The zero-order chi connectivity index (χ0) is 13.3. The second-order valence-corrected chi connectivity index (χ2v) is 5.81. The lowest BCUT2D eigenvalue weighted by atomic mass is 10.0. The molecule has 2 rings (SSSR count). The number of benzene rings is 1. The Morgan fingerprint density at radius 1 is 1.44 bits per heavy atom. The lowest BCUT2D eigenvalue weighted by molar-refractivity contribution is 0.0644. The monoisotopic (exact) mass is 269 g/mol. The topological polar surface area (TPSA) is 32.7 Å². The van der Waals surface area contributed by atoms with Gasteiger partial charge in [0.15, 0.2) is 0 Å². The van der Waals surface area contributed by atoms with Crippen molar-refractivity contribution in [1.82, 2.24) is 0 Å². The van der Waals surface area contributed by atoms with Gasteiger partial charge in [0.2, 0.25) is 0 Å². The first-order valence-electron chi connectivity index (χ1n) is 6.25. The number of aliphatic hydroxyl groups excluding tert-OH is 1. The van der Waals surface area contributed by atoms with Gasteiger partial charge in [0, 0.05) is 6.54 Å². The van der Waals surface area contributed by atoms with Crippen LogP contribution < -0.4 is 4.90 Å². The first-order valence-corrected chi connectivity index (χ1v) is 6.62. The summed E-state index contributed by atoms with van der Waals surface area (Å²) in [6.07, 6.45) is -0.491. The van der Waals surface area contributed by atoms with Crippen LogP contribution in [0.1, 0.15) is 32.4 Å². The molecule has 0 spiro atoms. The summed E-state index contributed by atoms with van der Waals surface area (Å²) in [5.74, 6) is 0. The average Bonchev–Trinajstić information content (AvgIpc) is 2.29. The highest BCUT2D eigenvalue weighted by molar-refractivity contribution is 6.33. The molecule has 4 heteroatoms.